The second-order valence-corrected chi connectivity index (χ2v) is 7.04. The van der Waals surface area contributed by atoms with Crippen molar-refractivity contribution in [1.82, 2.24) is 5.43 Å². The van der Waals surface area contributed by atoms with Crippen LogP contribution in [0.5, 0.6) is 11.5 Å². The van der Waals surface area contributed by atoms with Gasteiger partial charge in [0.15, 0.2) is 11.5 Å². The van der Waals surface area contributed by atoms with Crippen LogP contribution in [0, 0.1) is 11.3 Å². The normalized spacial score (nSPS) is 24.3. The lowest BCUT2D eigenvalue weighted by molar-refractivity contribution is 0.0953. The average Bonchev–Trinajstić information content (AvgIpc) is 2.89. The predicted molar refractivity (Wildman–Crippen MR) is 84.3 cm³/mol. The van der Waals surface area contributed by atoms with Crippen LogP contribution < -0.4 is 14.9 Å². The van der Waals surface area contributed by atoms with E-state index in [0.29, 0.717) is 23.0 Å². The number of carbonyl (C=O) groups is 1. The molecule has 1 fully saturated rings. The summed E-state index contributed by atoms with van der Waals surface area (Å²) in [5.41, 5.74) is 4.51. The van der Waals surface area contributed by atoms with E-state index in [2.05, 4.69) is 31.3 Å². The molecule has 5 heteroatoms. The number of hydrogen-bond donors (Lipinski definition) is 1. The van der Waals surface area contributed by atoms with Crippen molar-refractivity contribution in [3.8, 4) is 11.5 Å². The Kier molecular flexibility index (Phi) is 3.81. The Balaban J connectivity index is 1.68. The molecule has 22 heavy (non-hydrogen) atoms. The van der Waals surface area contributed by atoms with E-state index in [1.807, 2.05) is 0 Å². The van der Waals surface area contributed by atoms with Gasteiger partial charge in [0.2, 0.25) is 6.79 Å². The van der Waals surface area contributed by atoms with Gasteiger partial charge in [-0.1, -0.05) is 20.8 Å². The second kappa shape index (κ2) is 5.63. The molecular formula is C17H22N2O3. The Morgan fingerprint density at radius 3 is 2.86 bits per heavy atom. The fourth-order valence-corrected chi connectivity index (χ4v) is 3.43. The molecule has 1 aromatic carbocycles. The molecule has 5 nitrogen and oxygen atoms in total. The third-order valence-electron chi connectivity index (χ3n) is 4.12. The van der Waals surface area contributed by atoms with Crippen molar-refractivity contribution in [2.75, 3.05) is 6.79 Å². The number of carbonyl (C=O) groups excluding carboxylic acids is 1. The molecule has 0 aromatic heterocycles. The van der Waals surface area contributed by atoms with Crippen molar-refractivity contribution in [1.29, 1.82) is 0 Å². The fourth-order valence-electron chi connectivity index (χ4n) is 3.43. The number of nitrogens with one attached hydrogen (secondary N) is 1. The van der Waals surface area contributed by atoms with Gasteiger partial charge < -0.3 is 9.47 Å². The summed E-state index contributed by atoms with van der Waals surface area (Å²) in [5, 5.41) is 4.34. The maximum Gasteiger partial charge on any atom is 0.271 e. The Bertz CT molecular complexity index is 622. The maximum absolute atomic E-state index is 12.2. The van der Waals surface area contributed by atoms with E-state index in [9.17, 15) is 4.79 Å². The van der Waals surface area contributed by atoms with E-state index >= 15 is 0 Å². The second-order valence-electron chi connectivity index (χ2n) is 7.04. The van der Waals surface area contributed by atoms with Crippen LogP contribution in [0.2, 0.25) is 0 Å². The van der Waals surface area contributed by atoms with Gasteiger partial charge in [-0.05, 0) is 48.8 Å². The summed E-state index contributed by atoms with van der Waals surface area (Å²) in [6.45, 7) is 6.93. The van der Waals surface area contributed by atoms with E-state index in [1.165, 1.54) is 6.42 Å². The molecule has 0 radical (unpaired) electrons. The lowest BCUT2D eigenvalue weighted by atomic mass is 9.72. The highest BCUT2D eigenvalue weighted by Gasteiger charge is 2.29. The van der Waals surface area contributed by atoms with Crippen molar-refractivity contribution >= 4 is 11.6 Å². The zero-order chi connectivity index (χ0) is 15.7. The molecule has 1 amide bonds. The number of hydrazone groups is 1. The van der Waals surface area contributed by atoms with Crippen LogP contribution in [0.25, 0.3) is 0 Å². The first kappa shape index (κ1) is 14.9. The van der Waals surface area contributed by atoms with E-state index in [1.54, 1.807) is 18.2 Å². The molecule has 0 spiro atoms. The molecule has 0 bridgehead atoms. The summed E-state index contributed by atoms with van der Waals surface area (Å²) in [6, 6.07) is 5.15. The SMILES string of the molecule is C[C@@H]1C/C(=N\NC(=O)c2ccc3c(c2)OCO3)CC(C)(C)C1. The quantitative estimate of drug-likeness (QED) is 0.852. The molecule has 1 N–H and O–H groups in total. The number of ether oxygens (including phenoxy) is 2. The molecule has 1 aliphatic heterocycles. The van der Waals surface area contributed by atoms with E-state index in [4.69, 9.17) is 9.47 Å². The summed E-state index contributed by atoms with van der Waals surface area (Å²) in [5.74, 6) is 1.66. The van der Waals surface area contributed by atoms with E-state index in [-0.39, 0.29) is 18.1 Å². The molecule has 1 aromatic rings. The number of amides is 1. The third-order valence-corrected chi connectivity index (χ3v) is 4.12. The summed E-state index contributed by atoms with van der Waals surface area (Å²) in [7, 11) is 0. The molecule has 3 rings (SSSR count). The summed E-state index contributed by atoms with van der Waals surface area (Å²) in [4.78, 5) is 12.2. The molecule has 1 aliphatic carbocycles. The first-order valence-electron chi connectivity index (χ1n) is 7.68. The maximum atomic E-state index is 12.2. The van der Waals surface area contributed by atoms with Gasteiger partial charge in [-0.3, -0.25) is 4.79 Å². The van der Waals surface area contributed by atoms with Gasteiger partial charge >= 0.3 is 0 Å². The van der Waals surface area contributed by atoms with Crippen molar-refractivity contribution in [2.45, 2.75) is 40.0 Å². The Hall–Kier alpha value is -2.04. The van der Waals surface area contributed by atoms with Gasteiger partial charge in [0, 0.05) is 11.3 Å². The Morgan fingerprint density at radius 2 is 2.09 bits per heavy atom. The number of rotatable bonds is 2. The highest BCUT2D eigenvalue weighted by Crippen LogP contribution is 2.37. The monoisotopic (exact) mass is 302 g/mol. The minimum atomic E-state index is -0.221. The van der Waals surface area contributed by atoms with Gasteiger partial charge in [-0.25, -0.2) is 5.43 Å². The molecule has 0 unspecified atom stereocenters. The Morgan fingerprint density at radius 1 is 1.32 bits per heavy atom. The van der Waals surface area contributed by atoms with Crippen LogP contribution in [0.4, 0.5) is 0 Å². The number of benzene rings is 1. The van der Waals surface area contributed by atoms with Crippen LogP contribution in [0.15, 0.2) is 23.3 Å². The number of fused-ring (bicyclic) bond motifs is 1. The minimum absolute atomic E-state index is 0.204. The van der Waals surface area contributed by atoms with Crippen LogP contribution in [-0.2, 0) is 0 Å². The van der Waals surface area contributed by atoms with Gasteiger partial charge in [0.05, 0.1) is 0 Å². The average molecular weight is 302 g/mol. The zero-order valence-corrected chi connectivity index (χ0v) is 13.3. The zero-order valence-electron chi connectivity index (χ0n) is 13.3. The lowest BCUT2D eigenvalue weighted by Crippen LogP contribution is -2.30. The fraction of sp³-hybridized carbons (Fsp3) is 0.529. The molecule has 118 valence electrons. The number of hydrogen-bond acceptors (Lipinski definition) is 4. The van der Waals surface area contributed by atoms with Crippen molar-refractivity contribution in [3.05, 3.63) is 23.8 Å². The van der Waals surface area contributed by atoms with Gasteiger partial charge in [-0.15, -0.1) is 0 Å². The first-order valence-corrected chi connectivity index (χ1v) is 7.68. The van der Waals surface area contributed by atoms with Gasteiger partial charge in [-0.2, -0.15) is 5.10 Å². The highest BCUT2D eigenvalue weighted by molar-refractivity contribution is 5.96. The molecule has 2 aliphatic rings. The van der Waals surface area contributed by atoms with Crippen molar-refractivity contribution in [2.24, 2.45) is 16.4 Å². The van der Waals surface area contributed by atoms with E-state index in [0.717, 1.165) is 18.6 Å². The first-order chi connectivity index (χ1) is 10.4. The molecule has 1 saturated carbocycles. The lowest BCUT2D eigenvalue weighted by Gasteiger charge is -2.34. The minimum Gasteiger partial charge on any atom is -0.454 e. The standard InChI is InChI=1S/C17H22N2O3/c1-11-6-13(9-17(2,3)8-11)18-19-16(20)12-4-5-14-15(7-12)22-10-21-14/h4-5,7,11H,6,8-10H2,1-3H3,(H,19,20)/b18-13+/t11-/m1/s1. The van der Waals surface area contributed by atoms with Gasteiger partial charge in [0.25, 0.3) is 5.91 Å². The van der Waals surface area contributed by atoms with Crippen LogP contribution in [-0.4, -0.2) is 18.4 Å². The highest BCUT2D eigenvalue weighted by atomic mass is 16.7. The molecular weight excluding hydrogens is 280 g/mol. The topological polar surface area (TPSA) is 59.9 Å². The van der Waals surface area contributed by atoms with Crippen LogP contribution >= 0.6 is 0 Å². The number of nitrogens with zero attached hydrogens (tertiary/aromatic N) is 1. The van der Waals surface area contributed by atoms with Crippen LogP contribution in [0.1, 0.15) is 50.4 Å². The third kappa shape index (κ3) is 3.24. The van der Waals surface area contributed by atoms with E-state index < -0.39 is 0 Å². The van der Waals surface area contributed by atoms with Gasteiger partial charge in [0.1, 0.15) is 0 Å². The largest absolute Gasteiger partial charge is 0.454 e. The molecule has 1 heterocycles. The summed E-state index contributed by atoms with van der Waals surface area (Å²) >= 11 is 0. The summed E-state index contributed by atoms with van der Waals surface area (Å²) in [6.07, 6.45) is 3.08. The predicted octanol–water partition coefficient (Wildman–Crippen LogP) is 3.35. The van der Waals surface area contributed by atoms with Crippen molar-refractivity contribution < 1.29 is 14.3 Å². The van der Waals surface area contributed by atoms with Crippen LogP contribution in [0.3, 0.4) is 0 Å². The summed E-state index contributed by atoms with van der Waals surface area (Å²) < 4.78 is 10.5. The smallest absolute Gasteiger partial charge is 0.271 e. The molecule has 1 atom stereocenters. The van der Waals surface area contributed by atoms with Crippen molar-refractivity contribution in [3.63, 3.8) is 0 Å². The molecule has 0 saturated heterocycles. The Labute approximate surface area is 130 Å².